The lowest BCUT2D eigenvalue weighted by Gasteiger charge is -2.13. The number of urea groups is 1. The molecule has 0 unspecified atom stereocenters. The molecule has 0 radical (unpaired) electrons. The van der Waals surface area contributed by atoms with E-state index in [9.17, 15) is 4.79 Å². The smallest absolute Gasteiger partial charge is 0.315 e. The summed E-state index contributed by atoms with van der Waals surface area (Å²) < 4.78 is 2.01. The topological polar surface area (TPSA) is 46.1 Å². The number of rotatable bonds is 3. The molecule has 2 aromatic rings. The van der Waals surface area contributed by atoms with Crippen molar-refractivity contribution in [3.63, 3.8) is 0 Å². The van der Waals surface area contributed by atoms with Gasteiger partial charge in [-0.2, -0.15) is 0 Å². The lowest BCUT2D eigenvalue weighted by Crippen LogP contribution is -2.42. The van der Waals surface area contributed by atoms with Crippen LogP contribution >= 0.6 is 0 Å². The summed E-state index contributed by atoms with van der Waals surface area (Å²) in [7, 11) is 1.97. The van der Waals surface area contributed by atoms with Crippen LogP contribution in [-0.2, 0) is 26.4 Å². The summed E-state index contributed by atoms with van der Waals surface area (Å²) >= 11 is 0. The minimum atomic E-state index is -0.0935. The molecule has 2 amide bonds. The molecule has 0 fully saturated rings. The van der Waals surface area contributed by atoms with Crippen LogP contribution in [0.4, 0.5) is 4.79 Å². The molecule has 0 saturated carbocycles. The van der Waals surface area contributed by atoms with E-state index in [1.165, 1.54) is 11.1 Å². The lowest BCUT2D eigenvalue weighted by molar-refractivity contribution is 0.236. The molecular formula is C16H19N3O. The van der Waals surface area contributed by atoms with E-state index >= 15 is 0 Å². The molecule has 0 bridgehead atoms. The van der Waals surface area contributed by atoms with Crippen molar-refractivity contribution >= 4 is 6.03 Å². The van der Waals surface area contributed by atoms with E-state index < -0.39 is 0 Å². The maximum atomic E-state index is 11.9. The highest BCUT2D eigenvalue weighted by Gasteiger charge is 2.22. The SMILES string of the molecule is Cn1cccc1CNC(=O)NC1Cc2ccccc2C1. The van der Waals surface area contributed by atoms with Gasteiger partial charge in [0.2, 0.25) is 0 Å². The van der Waals surface area contributed by atoms with Crippen LogP contribution in [0.3, 0.4) is 0 Å². The third kappa shape index (κ3) is 2.69. The Labute approximate surface area is 118 Å². The van der Waals surface area contributed by atoms with Crippen molar-refractivity contribution in [2.24, 2.45) is 7.05 Å². The summed E-state index contributed by atoms with van der Waals surface area (Å²) in [4.78, 5) is 11.9. The first-order valence-electron chi connectivity index (χ1n) is 6.94. The van der Waals surface area contributed by atoms with Gasteiger partial charge < -0.3 is 15.2 Å². The monoisotopic (exact) mass is 269 g/mol. The summed E-state index contributed by atoms with van der Waals surface area (Å²) in [5, 5.41) is 5.96. The van der Waals surface area contributed by atoms with Crippen LogP contribution in [0.2, 0.25) is 0 Å². The normalized spacial score (nSPS) is 14.1. The fourth-order valence-electron chi connectivity index (χ4n) is 2.75. The molecule has 4 heteroatoms. The largest absolute Gasteiger partial charge is 0.353 e. The Morgan fingerprint density at radius 2 is 1.90 bits per heavy atom. The van der Waals surface area contributed by atoms with Gasteiger partial charge in [-0.1, -0.05) is 24.3 Å². The summed E-state index contributed by atoms with van der Waals surface area (Å²) in [6.07, 6.45) is 3.82. The zero-order chi connectivity index (χ0) is 13.9. The van der Waals surface area contributed by atoms with Crippen LogP contribution in [0.25, 0.3) is 0 Å². The molecule has 0 saturated heterocycles. The Balaban J connectivity index is 1.50. The number of aryl methyl sites for hydroxylation is 1. The molecule has 104 valence electrons. The Bertz CT molecular complexity index is 593. The molecule has 0 spiro atoms. The molecule has 3 rings (SSSR count). The lowest BCUT2D eigenvalue weighted by atomic mass is 10.1. The van der Waals surface area contributed by atoms with Crippen molar-refractivity contribution in [2.75, 3.05) is 0 Å². The quantitative estimate of drug-likeness (QED) is 0.879. The van der Waals surface area contributed by atoms with Gasteiger partial charge in [-0.25, -0.2) is 4.79 Å². The van der Waals surface area contributed by atoms with Gasteiger partial charge in [-0.3, -0.25) is 0 Å². The highest BCUT2D eigenvalue weighted by atomic mass is 16.2. The number of carbonyl (C=O) groups excluding carboxylic acids is 1. The predicted octanol–water partition coefficient (Wildman–Crippen LogP) is 1.99. The van der Waals surface area contributed by atoms with Gasteiger partial charge in [0.05, 0.1) is 6.54 Å². The third-order valence-corrected chi connectivity index (χ3v) is 3.87. The Hall–Kier alpha value is -2.23. The van der Waals surface area contributed by atoms with Gasteiger partial charge in [-0.05, 0) is 36.1 Å². The summed E-state index contributed by atoms with van der Waals surface area (Å²) in [5.41, 5.74) is 3.79. The zero-order valence-electron chi connectivity index (χ0n) is 11.6. The van der Waals surface area contributed by atoms with Gasteiger partial charge >= 0.3 is 6.03 Å². The van der Waals surface area contributed by atoms with Crippen LogP contribution in [0, 0.1) is 0 Å². The van der Waals surface area contributed by atoms with Crippen molar-refractivity contribution in [1.82, 2.24) is 15.2 Å². The summed E-state index contributed by atoms with van der Waals surface area (Å²) in [6, 6.07) is 12.5. The molecule has 4 nitrogen and oxygen atoms in total. The van der Waals surface area contributed by atoms with E-state index in [4.69, 9.17) is 0 Å². The number of nitrogens with zero attached hydrogens (tertiary/aromatic N) is 1. The molecule has 1 heterocycles. The number of hydrogen-bond donors (Lipinski definition) is 2. The second-order valence-electron chi connectivity index (χ2n) is 5.31. The van der Waals surface area contributed by atoms with Gasteiger partial charge in [-0.15, -0.1) is 0 Å². The van der Waals surface area contributed by atoms with Gasteiger partial charge in [0.25, 0.3) is 0 Å². The van der Waals surface area contributed by atoms with E-state index in [0.29, 0.717) is 6.54 Å². The fourth-order valence-corrected chi connectivity index (χ4v) is 2.75. The highest BCUT2D eigenvalue weighted by molar-refractivity contribution is 5.74. The first-order valence-corrected chi connectivity index (χ1v) is 6.94. The van der Waals surface area contributed by atoms with Gasteiger partial charge in [0, 0.05) is 25.0 Å². The van der Waals surface area contributed by atoms with Gasteiger partial charge in [0.1, 0.15) is 0 Å². The second-order valence-corrected chi connectivity index (χ2v) is 5.31. The standard InChI is InChI=1S/C16H19N3O/c1-19-8-4-7-15(19)11-17-16(20)18-14-9-12-5-2-3-6-13(12)10-14/h2-8,14H,9-11H2,1H3,(H2,17,18,20). The first kappa shape index (κ1) is 12.8. The summed E-state index contributed by atoms with van der Waals surface area (Å²) in [6.45, 7) is 0.551. The number of hydrogen-bond acceptors (Lipinski definition) is 1. The average Bonchev–Trinajstić information content (AvgIpc) is 3.01. The van der Waals surface area contributed by atoms with Crippen molar-refractivity contribution in [3.05, 3.63) is 59.4 Å². The van der Waals surface area contributed by atoms with Crippen LogP contribution in [0.1, 0.15) is 16.8 Å². The Morgan fingerprint density at radius 1 is 1.20 bits per heavy atom. The molecule has 1 aromatic carbocycles. The zero-order valence-corrected chi connectivity index (χ0v) is 11.6. The number of carbonyl (C=O) groups is 1. The number of aromatic nitrogens is 1. The maximum absolute atomic E-state index is 11.9. The molecule has 1 aliphatic rings. The van der Waals surface area contributed by atoms with E-state index in [1.807, 2.05) is 29.9 Å². The van der Waals surface area contributed by atoms with Crippen LogP contribution in [-0.4, -0.2) is 16.6 Å². The number of nitrogens with one attached hydrogen (secondary N) is 2. The molecule has 2 N–H and O–H groups in total. The Morgan fingerprint density at radius 3 is 2.50 bits per heavy atom. The minimum Gasteiger partial charge on any atom is -0.353 e. The summed E-state index contributed by atoms with van der Waals surface area (Å²) in [5.74, 6) is 0. The highest BCUT2D eigenvalue weighted by Crippen LogP contribution is 2.21. The number of amides is 2. The van der Waals surface area contributed by atoms with E-state index in [1.54, 1.807) is 0 Å². The molecule has 1 aliphatic carbocycles. The van der Waals surface area contributed by atoms with Crippen LogP contribution < -0.4 is 10.6 Å². The van der Waals surface area contributed by atoms with E-state index in [-0.39, 0.29) is 12.1 Å². The van der Waals surface area contributed by atoms with Gasteiger partial charge in [0.15, 0.2) is 0 Å². The molecule has 0 aliphatic heterocycles. The average molecular weight is 269 g/mol. The van der Waals surface area contributed by atoms with Crippen molar-refractivity contribution in [1.29, 1.82) is 0 Å². The second kappa shape index (κ2) is 5.41. The van der Waals surface area contributed by atoms with Crippen LogP contribution in [0.5, 0.6) is 0 Å². The molecular weight excluding hydrogens is 250 g/mol. The fraction of sp³-hybridized carbons (Fsp3) is 0.312. The first-order chi connectivity index (χ1) is 9.72. The third-order valence-electron chi connectivity index (χ3n) is 3.87. The minimum absolute atomic E-state index is 0.0935. The Kier molecular flexibility index (Phi) is 3.46. The van der Waals surface area contributed by atoms with Crippen molar-refractivity contribution < 1.29 is 4.79 Å². The van der Waals surface area contributed by atoms with Crippen molar-refractivity contribution in [2.45, 2.75) is 25.4 Å². The van der Waals surface area contributed by atoms with E-state index in [2.05, 4.69) is 34.9 Å². The van der Waals surface area contributed by atoms with Crippen molar-refractivity contribution in [3.8, 4) is 0 Å². The molecule has 1 aromatic heterocycles. The predicted molar refractivity (Wildman–Crippen MR) is 78.4 cm³/mol. The number of fused-ring (bicyclic) bond motifs is 1. The maximum Gasteiger partial charge on any atom is 0.315 e. The van der Waals surface area contributed by atoms with Crippen LogP contribution in [0.15, 0.2) is 42.6 Å². The molecule has 20 heavy (non-hydrogen) atoms. The van der Waals surface area contributed by atoms with E-state index in [0.717, 1.165) is 18.5 Å². The number of benzene rings is 1. The molecule has 0 atom stereocenters.